The second kappa shape index (κ2) is 4.95. The van der Waals surface area contributed by atoms with Gasteiger partial charge in [-0.05, 0) is 60.1 Å². The normalized spacial score (nSPS) is 21.6. The van der Waals surface area contributed by atoms with Crippen LogP contribution in [0.5, 0.6) is 0 Å². The molecule has 92 valence electrons. The van der Waals surface area contributed by atoms with Crippen molar-refractivity contribution in [3.8, 4) is 0 Å². The van der Waals surface area contributed by atoms with Crippen molar-refractivity contribution >= 4 is 23.2 Å². The van der Waals surface area contributed by atoms with Gasteiger partial charge in [0, 0.05) is 10.1 Å². The molecule has 1 aromatic rings. The van der Waals surface area contributed by atoms with Gasteiger partial charge < -0.3 is 0 Å². The van der Waals surface area contributed by atoms with Gasteiger partial charge in [0.2, 0.25) is 0 Å². The number of hydrogen-bond donors (Lipinski definition) is 0. The van der Waals surface area contributed by atoms with Gasteiger partial charge >= 0.3 is 0 Å². The number of allylic oxidation sites excluding steroid dienone is 6. The van der Waals surface area contributed by atoms with Crippen LogP contribution >= 0.6 is 23.2 Å². The second-order valence-corrected chi connectivity index (χ2v) is 5.65. The Kier molecular flexibility index (Phi) is 3.32. The van der Waals surface area contributed by atoms with Crippen LogP contribution in [0, 0.1) is 0 Å². The van der Waals surface area contributed by atoms with Crippen molar-refractivity contribution in [3.63, 3.8) is 0 Å². The molecule has 0 N–H and O–H groups in total. The minimum Gasteiger partial charge on any atom is -0.0840 e. The Labute approximate surface area is 118 Å². The zero-order chi connectivity index (χ0) is 12.5. The van der Waals surface area contributed by atoms with Crippen LogP contribution < -0.4 is 0 Å². The Bertz CT molecular complexity index is 577. The molecule has 1 aromatic carbocycles. The van der Waals surface area contributed by atoms with Crippen LogP contribution in [0.25, 0.3) is 0 Å². The van der Waals surface area contributed by atoms with Crippen LogP contribution in [0.15, 0.2) is 52.6 Å². The molecule has 0 spiro atoms. The monoisotopic (exact) mass is 276 g/mol. The van der Waals surface area contributed by atoms with Gasteiger partial charge in [-0.3, -0.25) is 0 Å². The molecule has 4 bridgehead atoms. The van der Waals surface area contributed by atoms with Crippen molar-refractivity contribution in [2.24, 2.45) is 0 Å². The van der Waals surface area contributed by atoms with E-state index in [0.29, 0.717) is 0 Å². The Morgan fingerprint density at radius 2 is 1.83 bits per heavy atom. The average Bonchev–Trinajstić information content (AvgIpc) is 2.34. The Morgan fingerprint density at radius 1 is 0.944 bits per heavy atom. The molecule has 0 aromatic heterocycles. The molecule has 0 aliphatic heterocycles. The van der Waals surface area contributed by atoms with Gasteiger partial charge in [0.05, 0.1) is 0 Å². The van der Waals surface area contributed by atoms with Crippen LogP contribution in [0.2, 0.25) is 5.02 Å². The molecule has 2 heteroatoms. The number of benzene rings is 1. The van der Waals surface area contributed by atoms with Gasteiger partial charge in [0.25, 0.3) is 0 Å². The van der Waals surface area contributed by atoms with E-state index in [-0.39, 0.29) is 0 Å². The highest BCUT2D eigenvalue weighted by Crippen LogP contribution is 2.31. The Morgan fingerprint density at radius 3 is 2.61 bits per heavy atom. The molecular formula is C16H14Cl2. The lowest BCUT2D eigenvalue weighted by Crippen LogP contribution is -1.98. The number of halogens is 2. The zero-order valence-corrected chi connectivity index (χ0v) is 11.6. The summed E-state index contributed by atoms with van der Waals surface area (Å²) in [7, 11) is 0. The van der Waals surface area contributed by atoms with E-state index in [2.05, 4.69) is 36.4 Å². The average molecular weight is 277 g/mol. The molecule has 0 saturated carbocycles. The van der Waals surface area contributed by atoms with Crippen molar-refractivity contribution in [2.75, 3.05) is 0 Å². The van der Waals surface area contributed by atoms with E-state index >= 15 is 0 Å². The lowest BCUT2D eigenvalue weighted by molar-refractivity contribution is 0.939. The summed E-state index contributed by atoms with van der Waals surface area (Å²) in [4.78, 5) is 0. The molecule has 0 amide bonds. The van der Waals surface area contributed by atoms with Crippen LogP contribution in [0.1, 0.15) is 24.0 Å². The van der Waals surface area contributed by atoms with E-state index < -0.39 is 0 Å². The van der Waals surface area contributed by atoms with E-state index in [1.165, 1.54) is 22.3 Å². The molecule has 5 aliphatic rings. The van der Waals surface area contributed by atoms with Gasteiger partial charge in [-0.2, -0.15) is 0 Å². The van der Waals surface area contributed by atoms with Crippen LogP contribution in [-0.2, 0) is 12.8 Å². The fraction of sp³-hybridized carbons (Fsp3) is 0.250. The summed E-state index contributed by atoms with van der Waals surface area (Å²) < 4.78 is 0. The van der Waals surface area contributed by atoms with Gasteiger partial charge in [-0.1, -0.05) is 47.5 Å². The van der Waals surface area contributed by atoms with E-state index in [1.807, 2.05) is 0 Å². The minimum absolute atomic E-state index is 0.878. The summed E-state index contributed by atoms with van der Waals surface area (Å²) in [5, 5.41) is 1.77. The molecule has 0 unspecified atom stereocenters. The highest BCUT2D eigenvalue weighted by molar-refractivity contribution is 6.32. The molecule has 0 fully saturated rings. The van der Waals surface area contributed by atoms with Gasteiger partial charge in [-0.25, -0.2) is 0 Å². The fourth-order valence-electron chi connectivity index (χ4n) is 2.46. The van der Waals surface area contributed by atoms with Crippen molar-refractivity contribution in [3.05, 3.63) is 68.8 Å². The minimum atomic E-state index is 0.878. The van der Waals surface area contributed by atoms with Crippen LogP contribution in [0.3, 0.4) is 0 Å². The van der Waals surface area contributed by atoms with Gasteiger partial charge in [0.1, 0.15) is 0 Å². The largest absolute Gasteiger partial charge is 0.0840 e. The van der Waals surface area contributed by atoms with Gasteiger partial charge in [-0.15, -0.1) is 0 Å². The number of aryl methyl sites for hydroxylation is 1. The smallest absolute Gasteiger partial charge is 0.0440 e. The maximum absolute atomic E-state index is 6.32. The molecule has 18 heavy (non-hydrogen) atoms. The second-order valence-electron chi connectivity index (χ2n) is 4.83. The first-order valence-electron chi connectivity index (χ1n) is 6.25. The third kappa shape index (κ3) is 2.41. The quantitative estimate of drug-likeness (QED) is 0.610. The Hall–Kier alpha value is -0.980. The topological polar surface area (TPSA) is 0 Å². The fourth-order valence-corrected chi connectivity index (χ4v) is 3.06. The third-order valence-corrected chi connectivity index (χ3v) is 4.29. The standard InChI is InChI=1S/C16H14Cl2/c17-15-9-11-1-2-12-4-6-14(16(18)10-12)8-7-13(15)5-3-11/h1,4-6,9-10H,2-3,7-8H2/b11-1+. The molecule has 5 aliphatic carbocycles. The van der Waals surface area contributed by atoms with Crippen molar-refractivity contribution in [1.82, 2.24) is 0 Å². The SMILES string of the molecule is ClC1=C/C2=C/Cc3ccc(c(Cl)c3)CCC1=CC2. The highest BCUT2D eigenvalue weighted by atomic mass is 35.5. The summed E-state index contributed by atoms with van der Waals surface area (Å²) in [6, 6.07) is 6.40. The van der Waals surface area contributed by atoms with Crippen molar-refractivity contribution in [1.29, 1.82) is 0 Å². The predicted octanol–water partition coefficient (Wildman–Crippen LogP) is 5.21. The number of hydrogen-bond acceptors (Lipinski definition) is 0. The van der Waals surface area contributed by atoms with Crippen molar-refractivity contribution < 1.29 is 0 Å². The van der Waals surface area contributed by atoms with Crippen LogP contribution in [0.4, 0.5) is 0 Å². The summed E-state index contributed by atoms with van der Waals surface area (Å²) in [5.41, 5.74) is 5.01. The maximum atomic E-state index is 6.32. The van der Waals surface area contributed by atoms with Gasteiger partial charge in [0.15, 0.2) is 0 Å². The molecule has 0 nitrogen and oxygen atoms in total. The third-order valence-electron chi connectivity index (χ3n) is 3.58. The lowest BCUT2D eigenvalue weighted by Gasteiger charge is -2.15. The molecule has 0 saturated heterocycles. The van der Waals surface area contributed by atoms with E-state index in [1.54, 1.807) is 0 Å². The summed E-state index contributed by atoms with van der Waals surface area (Å²) in [6.45, 7) is 0. The molecule has 0 radical (unpaired) electrons. The molecule has 0 heterocycles. The van der Waals surface area contributed by atoms with E-state index in [4.69, 9.17) is 23.2 Å². The van der Waals surface area contributed by atoms with Crippen molar-refractivity contribution in [2.45, 2.75) is 25.7 Å². The summed E-state index contributed by atoms with van der Waals surface area (Å²) in [6.07, 6.45) is 10.4. The molecule has 0 atom stereocenters. The molecule has 6 rings (SSSR count). The summed E-state index contributed by atoms with van der Waals surface area (Å²) >= 11 is 12.6. The first-order valence-corrected chi connectivity index (χ1v) is 7.01. The summed E-state index contributed by atoms with van der Waals surface area (Å²) in [5.74, 6) is 0. The first-order chi connectivity index (χ1) is 8.72. The highest BCUT2D eigenvalue weighted by Gasteiger charge is 2.12. The maximum Gasteiger partial charge on any atom is 0.0440 e. The lowest BCUT2D eigenvalue weighted by atomic mass is 9.94. The Balaban J connectivity index is 2.04. The van der Waals surface area contributed by atoms with E-state index in [0.717, 1.165) is 35.7 Å². The zero-order valence-electron chi connectivity index (χ0n) is 10.0. The predicted molar refractivity (Wildman–Crippen MR) is 78.2 cm³/mol. The first kappa shape index (κ1) is 12.1. The molecular weight excluding hydrogens is 263 g/mol. The van der Waals surface area contributed by atoms with Crippen LogP contribution in [-0.4, -0.2) is 0 Å². The number of rotatable bonds is 0. The van der Waals surface area contributed by atoms with E-state index in [9.17, 15) is 0 Å².